The van der Waals surface area contributed by atoms with E-state index in [-0.39, 0.29) is 12.5 Å². The molecule has 0 aliphatic heterocycles. The number of nitrogens with one attached hydrogen (secondary N) is 1. The second-order valence-electron chi connectivity index (χ2n) is 3.90. The third-order valence-corrected chi connectivity index (χ3v) is 2.41. The zero-order chi connectivity index (χ0) is 13.9. The van der Waals surface area contributed by atoms with E-state index in [1.807, 2.05) is 6.92 Å². The fraction of sp³-hybridized carbons (Fsp3) is 0.500. The molecule has 0 saturated carbocycles. The highest BCUT2D eigenvalue weighted by atomic mass is 16.5. The maximum Gasteiger partial charge on any atom is 0.251 e. The summed E-state index contributed by atoms with van der Waals surface area (Å²) in [6.07, 6.45) is 0.725. The first-order valence-corrected chi connectivity index (χ1v) is 6.47. The fourth-order valence-corrected chi connectivity index (χ4v) is 1.51. The molecule has 1 amide bonds. The van der Waals surface area contributed by atoms with Crippen LogP contribution in [0.3, 0.4) is 0 Å². The Labute approximate surface area is 113 Å². The number of rotatable bonds is 9. The minimum Gasteiger partial charge on any atom is -0.494 e. The predicted octanol–water partition coefficient (Wildman–Crippen LogP) is 1.21. The Morgan fingerprint density at radius 2 is 2.00 bits per heavy atom. The summed E-state index contributed by atoms with van der Waals surface area (Å²) in [5, 5.41) is 11.3. The molecule has 1 aromatic carbocycles. The molecule has 5 nitrogen and oxygen atoms in total. The summed E-state index contributed by atoms with van der Waals surface area (Å²) >= 11 is 0. The lowest BCUT2D eigenvalue weighted by Gasteiger charge is -2.07. The van der Waals surface area contributed by atoms with Gasteiger partial charge in [0.15, 0.2) is 0 Å². The van der Waals surface area contributed by atoms with Gasteiger partial charge in [0.1, 0.15) is 5.75 Å². The van der Waals surface area contributed by atoms with Gasteiger partial charge in [-0.3, -0.25) is 4.79 Å². The van der Waals surface area contributed by atoms with Crippen molar-refractivity contribution in [1.82, 2.24) is 5.32 Å². The van der Waals surface area contributed by atoms with Gasteiger partial charge in [-0.1, -0.05) is 0 Å². The van der Waals surface area contributed by atoms with Crippen molar-refractivity contribution in [2.45, 2.75) is 13.3 Å². The van der Waals surface area contributed by atoms with E-state index in [1.54, 1.807) is 24.3 Å². The van der Waals surface area contributed by atoms with Crippen LogP contribution in [0.25, 0.3) is 0 Å². The molecule has 0 aliphatic rings. The molecule has 0 aromatic heterocycles. The average Bonchev–Trinajstić information content (AvgIpc) is 2.43. The number of amides is 1. The van der Waals surface area contributed by atoms with E-state index >= 15 is 0 Å². The summed E-state index contributed by atoms with van der Waals surface area (Å²) < 4.78 is 10.4. The topological polar surface area (TPSA) is 67.8 Å². The van der Waals surface area contributed by atoms with Crippen molar-refractivity contribution in [1.29, 1.82) is 0 Å². The highest BCUT2D eigenvalue weighted by Crippen LogP contribution is 2.11. The van der Waals surface area contributed by atoms with Crippen molar-refractivity contribution in [3.05, 3.63) is 29.8 Å². The first-order valence-electron chi connectivity index (χ1n) is 6.47. The van der Waals surface area contributed by atoms with Gasteiger partial charge in [0.2, 0.25) is 0 Å². The first-order chi connectivity index (χ1) is 9.27. The molecule has 0 bridgehead atoms. The summed E-state index contributed by atoms with van der Waals surface area (Å²) in [5.41, 5.74) is 0.611. The van der Waals surface area contributed by atoms with E-state index in [1.165, 1.54) is 0 Å². The first kappa shape index (κ1) is 15.5. The second-order valence-corrected chi connectivity index (χ2v) is 3.90. The van der Waals surface area contributed by atoms with Gasteiger partial charge < -0.3 is 19.9 Å². The summed E-state index contributed by atoms with van der Waals surface area (Å²) in [6.45, 7) is 3.98. The normalized spacial score (nSPS) is 10.2. The van der Waals surface area contributed by atoms with Crippen molar-refractivity contribution in [3.8, 4) is 5.75 Å². The van der Waals surface area contributed by atoms with Crippen molar-refractivity contribution in [3.63, 3.8) is 0 Å². The Balaban J connectivity index is 2.25. The Kier molecular flexibility index (Phi) is 7.62. The van der Waals surface area contributed by atoms with Crippen molar-refractivity contribution < 1.29 is 19.4 Å². The molecule has 0 saturated heterocycles. The van der Waals surface area contributed by atoms with Crippen LogP contribution < -0.4 is 10.1 Å². The largest absolute Gasteiger partial charge is 0.494 e. The van der Waals surface area contributed by atoms with Crippen LogP contribution >= 0.6 is 0 Å². The number of benzene rings is 1. The molecule has 5 heteroatoms. The monoisotopic (exact) mass is 267 g/mol. The van der Waals surface area contributed by atoms with Gasteiger partial charge in [-0.25, -0.2) is 0 Å². The number of hydrogen-bond donors (Lipinski definition) is 2. The van der Waals surface area contributed by atoms with Crippen LogP contribution in [-0.2, 0) is 4.74 Å². The van der Waals surface area contributed by atoms with E-state index in [2.05, 4.69) is 5.32 Å². The second kappa shape index (κ2) is 9.35. The van der Waals surface area contributed by atoms with Crippen LogP contribution in [0, 0.1) is 0 Å². The highest BCUT2D eigenvalue weighted by Gasteiger charge is 2.04. The summed E-state index contributed by atoms with van der Waals surface area (Å²) in [5.74, 6) is 0.654. The maximum atomic E-state index is 11.8. The molecule has 1 rings (SSSR count). The average molecular weight is 267 g/mol. The highest BCUT2D eigenvalue weighted by molar-refractivity contribution is 5.94. The van der Waals surface area contributed by atoms with Crippen molar-refractivity contribution in [2.24, 2.45) is 0 Å². The molecular weight excluding hydrogens is 246 g/mol. The van der Waals surface area contributed by atoms with E-state index in [9.17, 15) is 4.79 Å². The predicted molar refractivity (Wildman–Crippen MR) is 72.5 cm³/mol. The summed E-state index contributed by atoms with van der Waals surface area (Å²) in [4.78, 5) is 11.8. The zero-order valence-corrected chi connectivity index (χ0v) is 11.2. The quantitative estimate of drug-likeness (QED) is 0.660. The maximum absolute atomic E-state index is 11.8. The number of carbonyl (C=O) groups is 1. The Morgan fingerprint density at radius 1 is 1.26 bits per heavy atom. The van der Waals surface area contributed by atoms with Gasteiger partial charge in [0, 0.05) is 18.7 Å². The molecule has 0 atom stereocenters. The van der Waals surface area contributed by atoms with Gasteiger partial charge in [-0.05, 0) is 37.6 Å². The Bertz CT molecular complexity index is 364. The smallest absolute Gasteiger partial charge is 0.251 e. The molecule has 19 heavy (non-hydrogen) atoms. The molecule has 0 aliphatic carbocycles. The van der Waals surface area contributed by atoms with Gasteiger partial charge in [-0.2, -0.15) is 0 Å². The van der Waals surface area contributed by atoms with Crippen LogP contribution in [0.4, 0.5) is 0 Å². The van der Waals surface area contributed by atoms with Crippen LogP contribution in [-0.4, -0.2) is 44.0 Å². The van der Waals surface area contributed by atoms with Gasteiger partial charge >= 0.3 is 0 Å². The Hall–Kier alpha value is -1.59. The third kappa shape index (κ3) is 6.22. The molecule has 0 fully saturated rings. The van der Waals surface area contributed by atoms with Crippen LogP contribution in [0.1, 0.15) is 23.7 Å². The van der Waals surface area contributed by atoms with Crippen LogP contribution in [0.15, 0.2) is 24.3 Å². The number of aliphatic hydroxyl groups excluding tert-OH is 1. The van der Waals surface area contributed by atoms with Crippen molar-refractivity contribution in [2.75, 3.05) is 33.0 Å². The number of ether oxygens (including phenoxy) is 2. The minimum absolute atomic E-state index is 0.0263. The lowest BCUT2D eigenvalue weighted by Crippen LogP contribution is -2.25. The van der Waals surface area contributed by atoms with E-state index in [0.717, 1.165) is 12.2 Å². The molecule has 1 aromatic rings. The summed E-state index contributed by atoms with van der Waals surface area (Å²) in [7, 11) is 0. The lowest BCUT2D eigenvalue weighted by atomic mass is 10.2. The molecule has 2 N–H and O–H groups in total. The molecule has 0 unspecified atom stereocenters. The van der Waals surface area contributed by atoms with E-state index in [4.69, 9.17) is 14.6 Å². The molecule has 0 heterocycles. The number of carbonyl (C=O) groups excluding carboxylic acids is 1. The van der Waals surface area contributed by atoms with E-state index < -0.39 is 0 Å². The van der Waals surface area contributed by atoms with Crippen molar-refractivity contribution >= 4 is 5.91 Å². The van der Waals surface area contributed by atoms with Gasteiger partial charge in [0.05, 0.1) is 19.8 Å². The van der Waals surface area contributed by atoms with Gasteiger partial charge in [-0.15, -0.1) is 0 Å². The standard InChI is InChI=1S/C14H21NO4/c1-2-19-13-6-4-12(5-7-13)14(17)15-8-3-10-18-11-9-16/h4-7,16H,2-3,8-11H2,1H3,(H,15,17). The van der Waals surface area contributed by atoms with Crippen LogP contribution in [0.2, 0.25) is 0 Å². The SMILES string of the molecule is CCOc1ccc(C(=O)NCCCOCCO)cc1. The zero-order valence-electron chi connectivity index (χ0n) is 11.2. The molecule has 0 spiro atoms. The minimum atomic E-state index is -0.106. The number of aliphatic hydroxyl groups is 1. The number of hydrogen-bond acceptors (Lipinski definition) is 4. The van der Waals surface area contributed by atoms with E-state index in [0.29, 0.717) is 31.9 Å². The molecule has 106 valence electrons. The third-order valence-electron chi connectivity index (χ3n) is 2.41. The molecule has 0 radical (unpaired) electrons. The van der Waals surface area contributed by atoms with Crippen LogP contribution in [0.5, 0.6) is 5.75 Å². The Morgan fingerprint density at radius 3 is 2.63 bits per heavy atom. The summed E-state index contributed by atoms with van der Waals surface area (Å²) in [6, 6.07) is 7.04. The fourth-order valence-electron chi connectivity index (χ4n) is 1.51. The molecular formula is C14H21NO4. The lowest BCUT2D eigenvalue weighted by molar-refractivity contribution is 0.0867. The van der Waals surface area contributed by atoms with Gasteiger partial charge in [0.25, 0.3) is 5.91 Å².